The molecule has 0 bridgehead atoms. The summed E-state index contributed by atoms with van der Waals surface area (Å²) in [6.07, 6.45) is 0.870. The van der Waals surface area contributed by atoms with Gasteiger partial charge in [-0.2, -0.15) is 15.0 Å². The lowest BCUT2D eigenvalue weighted by Gasteiger charge is -2.36. The molecular formula is C24H30ClF2IN6O4. The number of piperazine rings is 1. The molecule has 38 heavy (non-hydrogen) atoms. The summed E-state index contributed by atoms with van der Waals surface area (Å²) in [5.41, 5.74) is -1.10. The highest BCUT2D eigenvalue weighted by Crippen LogP contribution is 2.41. The topological polar surface area (TPSA) is 93.2 Å². The van der Waals surface area contributed by atoms with Gasteiger partial charge in [0.15, 0.2) is 34.0 Å². The molecule has 3 aliphatic rings. The van der Waals surface area contributed by atoms with Gasteiger partial charge in [-0.15, -0.1) is 0 Å². The molecule has 2 aromatic rings. The van der Waals surface area contributed by atoms with E-state index < -0.39 is 29.2 Å². The normalized spacial score (nSPS) is 24.1. The third-order valence-electron chi connectivity index (χ3n) is 7.21. The van der Waals surface area contributed by atoms with Crippen molar-refractivity contribution in [3.8, 4) is 11.9 Å². The number of anilines is 1. The Morgan fingerprint density at radius 3 is 2.61 bits per heavy atom. The van der Waals surface area contributed by atoms with Crippen LogP contribution in [-0.2, 0) is 4.74 Å². The summed E-state index contributed by atoms with van der Waals surface area (Å²) in [4.78, 5) is 31.2. The van der Waals surface area contributed by atoms with Crippen LogP contribution in [0.3, 0.4) is 0 Å². The summed E-state index contributed by atoms with van der Waals surface area (Å²) in [6, 6.07) is -0.0359. The maximum absolute atomic E-state index is 15.2. The number of carbonyl (C=O) groups is 1. The van der Waals surface area contributed by atoms with E-state index in [9.17, 15) is 9.18 Å². The van der Waals surface area contributed by atoms with Crippen LogP contribution in [0.15, 0.2) is 0 Å². The molecule has 208 valence electrons. The molecule has 14 heteroatoms. The lowest BCUT2D eigenvalue weighted by Crippen LogP contribution is -2.50. The zero-order valence-electron chi connectivity index (χ0n) is 21.5. The number of nitrogens with zero attached hydrogens (tertiary/aromatic N) is 6. The lowest BCUT2D eigenvalue weighted by atomic mass is 9.95. The van der Waals surface area contributed by atoms with Crippen molar-refractivity contribution in [2.75, 3.05) is 50.8 Å². The first-order valence-corrected chi connectivity index (χ1v) is 13.9. The molecule has 0 aromatic carbocycles. The maximum Gasteiger partial charge on any atom is 0.410 e. The minimum Gasteiger partial charge on any atom is -0.461 e. The van der Waals surface area contributed by atoms with Crippen LogP contribution in [0.2, 0.25) is 5.15 Å². The van der Waals surface area contributed by atoms with Gasteiger partial charge in [-0.25, -0.2) is 13.6 Å². The number of pyridine rings is 1. The molecule has 2 aromatic heterocycles. The molecule has 0 N–H and O–H groups in total. The van der Waals surface area contributed by atoms with Crippen LogP contribution in [0, 0.1) is 5.82 Å². The van der Waals surface area contributed by atoms with Gasteiger partial charge in [0, 0.05) is 39.1 Å². The lowest BCUT2D eigenvalue weighted by molar-refractivity contribution is 0.0240. The third-order valence-corrected chi connectivity index (χ3v) is 7.87. The van der Waals surface area contributed by atoms with E-state index in [4.69, 9.17) is 24.1 Å². The van der Waals surface area contributed by atoms with E-state index in [1.165, 1.54) is 0 Å². The summed E-state index contributed by atoms with van der Waals surface area (Å²) in [5.74, 6) is -0.385. The highest BCUT2D eigenvalue weighted by molar-refractivity contribution is 14.1. The number of hydrogen-bond acceptors (Lipinski definition) is 9. The molecule has 0 saturated carbocycles. The molecule has 3 fully saturated rings. The Kier molecular flexibility index (Phi) is 7.63. The molecule has 2 atom stereocenters. The van der Waals surface area contributed by atoms with Crippen molar-refractivity contribution in [3.63, 3.8) is 0 Å². The predicted molar refractivity (Wildman–Crippen MR) is 146 cm³/mol. The second-order valence-corrected chi connectivity index (χ2v) is 11.8. The molecule has 0 spiro atoms. The van der Waals surface area contributed by atoms with Crippen LogP contribution >= 0.6 is 34.6 Å². The monoisotopic (exact) mass is 666 g/mol. The molecule has 5 rings (SSSR count). The fourth-order valence-electron chi connectivity index (χ4n) is 5.50. The standard InChI is InChI=1S/C24H30ClF2IN6O4/c1-23(2,3)37-22(35)33-9-7-32(8-10-33)19-15-17(16(27)18(25)30-20(15)38-28)29-21(31-19)36-13-24-5-4-6-34(24)12-14(26)11-24/h14H,4-13H2,1-3H3/t14-,24+/m1/s1. The van der Waals surface area contributed by atoms with Gasteiger partial charge < -0.3 is 22.3 Å². The van der Waals surface area contributed by atoms with Crippen molar-refractivity contribution < 1.29 is 26.1 Å². The van der Waals surface area contributed by atoms with E-state index in [0.717, 1.165) is 19.4 Å². The first-order valence-electron chi connectivity index (χ1n) is 12.6. The summed E-state index contributed by atoms with van der Waals surface area (Å²) in [5, 5.41) is -0.129. The number of alkyl halides is 1. The molecule has 1 amide bonds. The largest absolute Gasteiger partial charge is 0.461 e. The Hall–Kier alpha value is -2.00. The fraction of sp³-hybridized carbons (Fsp3) is 0.667. The van der Waals surface area contributed by atoms with Gasteiger partial charge in [0.1, 0.15) is 35.1 Å². The molecular weight excluding hydrogens is 637 g/mol. The number of carbonyl (C=O) groups excluding carboxylic acids is 1. The van der Waals surface area contributed by atoms with Gasteiger partial charge in [-0.05, 0) is 40.2 Å². The second-order valence-electron chi connectivity index (χ2n) is 11.0. The average molecular weight is 667 g/mol. The summed E-state index contributed by atoms with van der Waals surface area (Å²) < 4.78 is 46.4. The van der Waals surface area contributed by atoms with Gasteiger partial charge in [-0.3, -0.25) is 4.90 Å². The SMILES string of the molecule is CC(C)(C)OC(=O)N1CCN(c2nc(OC[C@@]34CCCN3C[C@H](F)C4)nc3c(F)c(Cl)nc(OI)c23)CC1. The number of hydrogen-bond donors (Lipinski definition) is 0. The number of fused-ring (bicyclic) bond motifs is 2. The van der Waals surface area contributed by atoms with Gasteiger partial charge in [0.25, 0.3) is 0 Å². The quantitative estimate of drug-likeness (QED) is 0.337. The minimum absolute atomic E-state index is 0.0359. The summed E-state index contributed by atoms with van der Waals surface area (Å²) >= 11 is 7.70. The van der Waals surface area contributed by atoms with Crippen molar-refractivity contribution in [1.82, 2.24) is 24.8 Å². The van der Waals surface area contributed by atoms with Crippen molar-refractivity contribution >= 4 is 57.4 Å². The first kappa shape index (κ1) is 27.6. The number of aromatic nitrogens is 3. The van der Waals surface area contributed by atoms with Crippen molar-refractivity contribution in [3.05, 3.63) is 11.0 Å². The number of halogens is 4. The zero-order chi connectivity index (χ0) is 27.2. The van der Waals surface area contributed by atoms with E-state index >= 15 is 4.39 Å². The van der Waals surface area contributed by atoms with Gasteiger partial charge in [0.05, 0.1) is 5.54 Å². The van der Waals surface area contributed by atoms with Crippen LogP contribution in [0.25, 0.3) is 10.9 Å². The predicted octanol–water partition coefficient (Wildman–Crippen LogP) is 4.56. The summed E-state index contributed by atoms with van der Waals surface area (Å²) in [7, 11) is 0. The number of ether oxygens (including phenoxy) is 2. The second kappa shape index (κ2) is 10.5. The van der Waals surface area contributed by atoms with Gasteiger partial charge in [0.2, 0.25) is 5.88 Å². The first-order chi connectivity index (χ1) is 18.0. The highest BCUT2D eigenvalue weighted by Gasteiger charge is 2.49. The van der Waals surface area contributed by atoms with Gasteiger partial charge >= 0.3 is 12.1 Å². The van der Waals surface area contributed by atoms with Crippen molar-refractivity contribution in [1.29, 1.82) is 0 Å². The van der Waals surface area contributed by atoms with Crippen LogP contribution in [0.4, 0.5) is 19.4 Å². The average Bonchev–Trinajstić information content (AvgIpc) is 3.39. The Morgan fingerprint density at radius 1 is 1.18 bits per heavy atom. The Morgan fingerprint density at radius 2 is 1.92 bits per heavy atom. The zero-order valence-corrected chi connectivity index (χ0v) is 24.4. The molecule has 0 aliphatic carbocycles. The summed E-state index contributed by atoms with van der Waals surface area (Å²) in [6.45, 7) is 8.40. The van der Waals surface area contributed by atoms with Crippen LogP contribution in [-0.4, -0.2) is 94.0 Å². The minimum atomic E-state index is -0.904. The van der Waals surface area contributed by atoms with Crippen LogP contribution in [0.5, 0.6) is 11.9 Å². The molecule has 3 aliphatic heterocycles. The molecule has 10 nitrogen and oxygen atoms in total. The molecule has 5 heterocycles. The van der Waals surface area contributed by atoms with E-state index in [-0.39, 0.29) is 34.6 Å². The van der Waals surface area contributed by atoms with E-state index in [1.807, 2.05) is 25.7 Å². The number of amides is 1. The van der Waals surface area contributed by atoms with E-state index in [1.54, 1.807) is 27.9 Å². The molecule has 0 unspecified atom stereocenters. The van der Waals surface area contributed by atoms with Crippen molar-refractivity contribution in [2.24, 2.45) is 0 Å². The molecule has 0 radical (unpaired) electrons. The fourth-order valence-corrected chi connectivity index (χ4v) is 5.99. The van der Waals surface area contributed by atoms with Crippen LogP contribution < -0.4 is 12.7 Å². The molecule has 3 saturated heterocycles. The van der Waals surface area contributed by atoms with Crippen LogP contribution in [0.1, 0.15) is 40.0 Å². The Balaban J connectivity index is 1.45. The van der Waals surface area contributed by atoms with E-state index in [0.29, 0.717) is 45.0 Å². The smallest absolute Gasteiger partial charge is 0.410 e. The van der Waals surface area contributed by atoms with Gasteiger partial charge in [-0.1, -0.05) is 11.6 Å². The Labute approximate surface area is 238 Å². The van der Waals surface area contributed by atoms with Crippen molar-refractivity contribution in [2.45, 2.75) is 57.3 Å². The van der Waals surface area contributed by atoms with E-state index in [2.05, 4.69) is 19.9 Å². The Bertz CT molecular complexity index is 1230. The third kappa shape index (κ3) is 5.37. The maximum atomic E-state index is 15.2. The highest BCUT2D eigenvalue weighted by atomic mass is 127. The number of rotatable bonds is 5.